The smallest absolute Gasteiger partial charge is 0.242 e. The monoisotopic (exact) mass is 173 g/mol. The average Bonchev–Trinajstić information content (AvgIpc) is 2.03. The van der Waals surface area contributed by atoms with E-state index in [9.17, 15) is 9.59 Å². The second-order valence-electron chi connectivity index (χ2n) is 2.43. The number of rotatable bonds is 4. The van der Waals surface area contributed by atoms with Crippen molar-refractivity contribution < 1.29 is 9.59 Å². The van der Waals surface area contributed by atoms with Gasteiger partial charge in [0.1, 0.15) is 6.04 Å². The number of hydrogen-bond donors (Lipinski definition) is 3. The third-order valence-corrected chi connectivity index (χ3v) is 1.35. The Labute approximate surface area is 71.9 Å². The Balaban J connectivity index is 3.75. The van der Waals surface area contributed by atoms with Gasteiger partial charge in [-0.05, 0) is 14.0 Å². The van der Waals surface area contributed by atoms with Gasteiger partial charge in [0.05, 0.1) is 6.54 Å². The van der Waals surface area contributed by atoms with E-state index in [4.69, 9.17) is 0 Å². The van der Waals surface area contributed by atoms with Gasteiger partial charge in [-0.25, -0.2) is 0 Å². The molecule has 2 amide bonds. The fourth-order valence-electron chi connectivity index (χ4n) is 0.735. The second kappa shape index (κ2) is 5.54. The van der Waals surface area contributed by atoms with Gasteiger partial charge in [0.2, 0.25) is 11.8 Å². The lowest BCUT2D eigenvalue weighted by Crippen LogP contribution is -2.46. The average molecular weight is 173 g/mol. The van der Waals surface area contributed by atoms with Gasteiger partial charge in [0.15, 0.2) is 0 Å². The van der Waals surface area contributed by atoms with Crippen LogP contribution in [0.4, 0.5) is 0 Å². The summed E-state index contributed by atoms with van der Waals surface area (Å²) in [4.78, 5) is 21.8. The molecule has 70 valence electrons. The van der Waals surface area contributed by atoms with Crippen LogP contribution in [0.15, 0.2) is 0 Å². The van der Waals surface area contributed by atoms with Crippen LogP contribution >= 0.6 is 0 Å². The number of nitrogens with one attached hydrogen (secondary N) is 3. The minimum Gasteiger partial charge on any atom is -0.357 e. The Morgan fingerprint density at radius 2 is 1.92 bits per heavy atom. The maximum Gasteiger partial charge on any atom is 0.242 e. The topological polar surface area (TPSA) is 70.2 Å². The van der Waals surface area contributed by atoms with Crippen LogP contribution in [-0.2, 0) is 9.59 Å². The van der Waals surface area contributed by atoms with E-state index >= 15 is 0 Å². The molecule has 0 heterocycles. The largest absolute Gasteiger partial charge is 0.357 e. The minimum atomic E-state index is -0.476. The van der Waals surface area contributed by atoms with Gasteiger partial charge in [-0.15, -0.1) is 0 Å². The van der Waals surface area contributed by atoms with E-state index in [1.807, 2.05) is 0 Å². The summed E-state index contributed by atoms with van der Waals surface area (Å²) in [5.41, 5.74) is 0. The quantitative estimate of drug-likeness (QED) is 0.482. The molecule has 12 heavy (non-hydrogen) atoms. The molecule has 0 bridgehead atoms. The van der Waals surface area contributed by atoms with Gasteiger partial charge in [-0.2, -0.15) is 0 Å². The number of carbonyl (C=O) groups is 2. The SMILES string of the molecule is CNCC(=O)NC(C)C(=O)NC. The molecule has 0 aromatic rings. The lowest BCUT2D eigenvalue weighted by molar-refractivity contribution is -0.127. The molecule has 0 aromatic heterocycles. The lowest BCUT2D eigenvalue weighted by Gasteiger charge is -2.11. The third kappa shape index (κ3) is 3.92. The molecule has 0 aliphatic heterocycles. The van der Waals surface area contributed by atoms with Crippen LogP contribution < -0.4 is 16.0 Å². The highest BCUT2D eigenvalue weighted by atomic mass is 16.2. The van der Waals surface area contributed by atoms with E-state index in [1.54, 1.807) is 14.0 Å². The van der Waals surface area contributed by atoms with Crippen molar-refractivity contribution >= 4 is 11.8 Å². The van der Waals surface area contributed by atoms with Crippen molar-refractivity contribution in [2.24, 2.45) is 0 Å². The normalized spacial score (nSPS) is 11.9. The fourth-order valence-corrected chi connectivity index (χ4v) is 0.735. The minimum absolute atomic E-state index is 0.186. The molecular weight excluding hydrogens is 158 g/mol. The van der Waals surface area contributed by atoms with E-state index in [1.165, 1.54) is 7.05 Å². The molecular formula is C7H15N3O2. The van der Waals surface area contributed by atoms with Crippen molar-refractivity contribution in [2.75, 3.05) is 20.6 Å². The highest BCUT2D eigenvalue weighted by Crippen LogP contribution is 1.79. The molecule has 0 radical (unpaired) electrons. The Morgan fingerprint density at radius 1 is 1.33 bits per heavy atom. The number of likely N-dealkylation sites (N-methyl/N-ethyl adjacent to an activating group) is 2. The Hall–Kier alpha value is -1.10. The van der Waals surface area contributed by atoms with Crippen LogP contribution in [-0.4, -0.2) is 38.5 Å². The predicted molar refractivity (Wildman–Crippen MR) is 45.6 cm³/mol. The summed E-state index contributed by atoms with van der Waals surface area (Å²) in [6, 6.07) is -0.476. The molecule has 0 saturated carbocycles. The zero-order chi connectivity index (χ0) is 9.56. The molecule has 5 heteroatoms. The first-order valence-electron chi connectivity index (χ1n) is 3.77. The van der Waals surface area contributed by atoms with Gasteiger partial charge >= 0.3 is 0 Å². The van der Waals surface area contributed by atoms with Gasteiger partial charge in [-0.1, -0.05) is 0 Å². The first kappa shape index (κ1) is 10.9. The van der Waals surface area contributed by atoms with Crippen LogP contribution in [0.25, 0.3) is 0 Å². The number of carbonyl (C=O) groups excluding carboxylic acids is 2. The highest BCUT2D eigenvalue weighted by molar-refractivity contribution is 5.87. The molecule has 3 N–H and O–H groups in total. The van der Waals surface area contributed by atoms with Crippen molar-refractivity contribution in [3.63, 3.8) is 0 Å². The number of hydrogen-bond acceptors (Lipinski definition) is 3. The molecule has 0 aliphatic rings. The zero-order valence-electron chi connectivity index (χ0n) is 7.60. The molecule has 0 aromatic carbocycles. The lowest BCUT2D eigenvalue weighted by atomic mass is 10.3. The Kier molecular flexibility index (Phi) is 5.03. The maximum absolute atomic E-state index is 10.9. The molecule has 1 unspecified atom stereocenters. The summed E-state index contributed by atoms with van der Waals surface area (Å²) >= 11 is 0. The predicted octanol–water partition coefficient (Wildman–Crippen LogP) is -1.54. The van der Waals surface area contributed by atoms with Gasteiger partial charge in [0.25, 0.3) is 0 Å². The molecule has 0 spiro atoms. The third-order valence-electron chi connectivity index (χ3n) is 1.35. The van der Waals surface area contributed by atoms with Crippen LogP contribution in [0.2, 0.25) is 0 Å². The first-order chi connectivity index (χ1) is 5.61. The molecule has 0 saturated heterocycles. The zero-order valence-corrected chi connectivity index (χ0v) is 7.60. The molecule has 0 rings (SSSR count). The Bertz CT molecular complexity index is 170. The van der Waals surface area contributed by atoms with Crippen LogP contribution in [0.3, 0.4) is 0 Å². The Morgan fingerprint density at radius 3 is 2.33 bits per heavy atom. The molecule has 1 atom stereocenters. The van der Waals surface area contributed by atoms with Gasteiger partial charge < -0.3 is 16.0 Å². The summed E-state index contributed by atoms with van der Waals surface area (Å²) in [6.45, 7) is 1.85. The van der Waals surface area contributed by atoms with Gasteiger partial charge in [0, 0.05) is 7.05 Å². The van der Waals surface area contributed by atoms with Crippen molar-refractivity contribution in [2.45, 2.75) is 13.0 Å². The van der Waals surface area contributed by atoms with Crippen LogP contribution in [0.1, 0.15) is 6.92 Å². The molecule has 0 fully saturated rings. The van der Waals surface area contributed by atoms with E-state index in [0.717, 1.165) is 0 Å². The van der Waals surface area contributed by atoms with E-state index < -0.39 is 6.04 Å². The highest BCUT2D eigenvalue weighted by Gasteiger charge is 2.12. The van der Waals surface area contributed by atoms with E-state index in [0.29, 0.717) is 0 Å². The first-order valence-corrected chi connectivity index (χ1v) is 3.77. The summed E-state index contributed by atoms with van der Waals surface area (Å²) in [5, 5.41) is 7.64. The van der Waals surface area contributed by atoms with Crippen molar-refractivity contribution in [1.82, 2.24) is 16.0 Å². The van der Waals surface area contributed by atoms with Crippen molar-refractivity contribution in [1.29, 1.82) is 0 Å². The van der Waals surface area contributed by atoms with E-state index in [-0.39, 0.29) is 18.4 Å². The maximum atomic E-state index is 10.9. The summed E-state index contributed by atoms with van der Waals surface area (Å²) in [6.07, 6.45) is 0. The summed E-state index contributed by atoms with van der Waals surface area (Å²) in [7, 11) is 3.20. The van der Waals surface area contributed by atoms with Crippen LogP contribution in [0.5, 0.6) is 0 Å². The fraction of sp³-hybridized carbons (Fsp3) is 0.714. The molecule has 0 aliphatic carbocycles. The van der Waals surface area contributed by atoms with Crippen molar-refractivity contribution in [3.05, 3.63) is 0 Å². The number of amides is 2. The molecule has 5 nitrogen and oxygen atoms in total. The van der Waals surface area contributed by atoms with Crippen molar-refractivity contribution in [3.8, 4) is 0 Å². The van der Waals surface area contributed by atoms with E-state index in [2.05, 4.69) is 16.0 Å². The van der Waals surface area contributed by atoms with Gasteiger partial charge in [-0.3, -0.25) is 9.59 Å². The summed E-state index contributed by atoms with van der Waals surface area (Å²) < 4.78 is 0. The summed E-state index contributed by atoms with van der Waals surface area (Å²) in [5.74, 6) is -0.381. The second-order valence-corrected chi connectivity index (χ2v) is 2.43. The standard InChI is InChI=1S/C7H15N3O2/c1-5(7(12)9-3)10-6(11)4-8-2/h5,8H,4H2,1-3H3,(H,9,12)(H,10,11). The van der Waals surface area contributed by atoms with Crippen LogP contribution in [0, 0.1) is 0 Å².